The normalized spacial score (nSPS) is 12.6. The summed E-state index contributed by atoms with van der Waals surface area (Å²) >= 11 is 0. The van der Waals surface area contributed by atoms with Crippen molar-refractivity contribution in [2.45, 2.75) is 45.2 Å². The molecule has 0 saturated heterocycles. The molecule has 0 atom stereocenters. The lowest BCUT2D eigenvalue weighted by Gasteiger charge is -2.22. The number of hydrogen-bond acceptors (Lipinski definition) is 1. The topological polar surface area (TPSA) is 9.23 Å². The third kappa shape index (κ3) is 4.98. The second-order valence-electron chi connectivity index (χ2n) is 5.31. The van der Waals surface area contributed by atoms with Crippen LogP contribution >= 0.6 is 0 Å². The van der Waals surface area contributed by atoms with Crippen molar-refractivity contribution in [2.24, 2.45) is 0 Å². The Morgan fingerprint density at radius 1 is 1.06 bits per heavy atom. The first kappa shape index (κ1) is 14.9. The second-order valence-corrected chi connectivity index (χ2v) is 5.31. The number of ether oxygens (including phenoxy) is 1. The molecule has 4 heteroatoms. The molecule has 0 amide bonds. The molecule has 1 nitrogen and oxygen atoms in total. The highest BCUT2D eigenvalue weighted by molar-refractivity contribution is 5.38. The van der Waals surface area contributed by atoms with Crippen LogP contribution in [-0.2, 0) is 5.41 Å². The van der Waals surface area contributed by atoms with Crippen molar-refractivity contribution in [3.63, 3.8) is 0 Å². The lowest BCUT2D eigenvalue weighted by atomic mass is 9.86. The van der Waals surface area contributed by atoms with Gasteiger partial charge in [-0.05, 0) is 23.5 Å². The van der Waals surface area contributed by atoms with Gasteiger partial charge in [-0.2, -0.15) is 13.2 Å². The molecule has 18 heavy (non-hydrogen) atoms. The molecule has 0 aliphatic rings. The summed E-state index contributed by atoms with van der Waals surface area (Å²) in [6.45, 7) is 6.23. The number of benzene rings is 1. The number of para-hydroxylation sites is 1. The van der Waals surface area contributed by atoms with Crippen LogP contribution in [0.5, 0.6) is 5.75 Å². The van der Waals surface area contributed by atoms with Crippen LogP contribution in [0.2, 0.25) is 0 Å². The third-order valence-corrected chi connectivity index (χ3v) is 2.56. The minimum Gasteiger partial charge on any atom is -0.493 e. The predicted octanol–water partition coefficient (Wildman–Crippen LogP) is 4.71. The number of hydrogen-bond donors (Lipinski definition) is 0. The van der Waals surface area contributed by atoms with Gasteiger partial charge in [0.25, 0.3) is 0 Å². The van der Waals surface area contributed by atoms with E-state index in [9.17, 15) is 13.2 Å². The van der Waals surface area contributed by atoms with Crippen LogP contribution in [0.3, 0.4) is 0 Å². The Bertz CT molecular complexity index is 377. The SMILES string of the molecule is CC(C)(C)c1ccccc1OCCCC(F)(F)F. The van der Waals surface area contributed by atoms with Crippen LogP contribution in [0.1, 0.15) is 39.2 Å². The Morgan fingerprint density at radius 2 is 1.67 bits per heavy atom. The molecule has 0 N–H and O–H groups in total. The number of halogens is 3. The Balaban J connectivity index is 2.58. The van der Waals surface area contributed by atoms with E-state index in [0.717, 1.165) is 5.56 Å². The van der Waals surface area contributed by atoms with E-state index in [1.807, 2.05) is 39.0 Å². The average Bonchev–Trinajstić information content (AvgIpc) is 2.22. The molecule has 1 rings (SSSR count). The number of rotatable bonds is 4. The molecule has 102 valence electrons. The van der Waals surface area contributed by atoms with E-state index in [0.29, 0.717) is 5.75 Å². The first-order valence-corrected chi connectivity index (χ1v) is 5.99. The molecule has 0 aromatic heterocycles. The van der Waals surface area contributed by atoms with Crippen molar-refractivity contribution in [2.75, 3.05) is 6.61 Å². The summed E-state index contributed by atoms with van der Waals surface area (Å²) in [5.41, 5.74) is 0.928. The summed E-state index contributed by atoms with van der Waals surface area (Å²) < 4.78 is 41.4. The van der Waals surface area contributed by atoms with Crippen molar-refractivity contribution >= 4 is 0 Å². The van der Waals surface area contributed by atoms with Gasteiger partial charge in [-0.1, -0.05) is 39.0 Å². The summed E-state index contributed by atoms with van der Waals surface area (Å²) in [6, 6.07) is 7.48. The Hall–Kier alpha value is -1.19. The fraction of sp³-hybridized carbons (Fsp3) is 0.571. The van der Waals surface area contributed by atoms with Crippen LogP contribution < -0.4 is 4.74 Å². The Labute approximate surface area is 106 Å². The molecule has 0 spiro atoms. The maximum absolute atomic E-state index is 12.0. The highest BCUT2D eigenvalue weighted by Crippen LogP contribution is 2.31. The van der Waals surface area contributed by atoms with E-state index in [1.165, 1.54) is 0 Å². The summed E-state index contributed by atoms with van der Waals surface area (Å²) in [5, 5.41) is 0. The first-order chi connectivity index (χ1) is 8.20. The van der Waals surface area contributed by atoms with E-state index < -0.39 is 12.6 Å². The van der Waals surface area contributed by atoms with Gasteiger partial charge in [0.1, 0.15) is 5.75 Å². The van der Waals surface area contributed by atoms with Gasteiger partial charge in [0, 0.05) is 6.42 Å². The summed E-state index contributed by atoms with van der Waals surface area (Å²) in [7, 11) is 0. The minimum absolute atomic E-state index is 0.0119. The molecule has 0 radical (unpaired) electrons. The molecular formula is C14H19F3O. The predicted molar refractivity (Wildman–Crippen MR) is 65.9 cm³/mol. The molecule has 0 heterocycles. The van der Waals surface area contributed by atoms with Crippen molar-refractivity contribution in [3.05, 3.63) is 29.8 Å². The maximum Gasteiger partial charge on any atom is 0.389 e. The third-order valence-electron chi connectivity index (χ3n) is 2.56. The lowest BCUT2D eigenvalue weighted by Crippen LogP contribution is -2.14. The van der Waals surface area contributed by atoms with Gasteiger partial charge in [-0.15, -0.1) is 0 Å². The van der Waals surface area contributed by atoms with Crippen LogP contribution in [0.15, 0.2) is 24.3 Å². The Morgan fingerprint density at radius 3 is 2.22 bits per heavy atom. The fourth-order valence-electron chi connectivity index (χ4n) is 1.67. The average molecular weight is 260 g/mol. The van der Waals surface area contributed by atoms with Gasteiger partial charge in [-0.25, -0.2) is 0 Å². The van der Waals surface area contributed by atoms with Crippen LogP contribution in [0.25, 0.3) is 0 Å². The Kier molecular flexibility index (Phi) is 4.65. The first-order valence-electron chi connectivity index (χ1n) is 5.99. The molecule has 0 unspecified atom stereocenters. The van der Waals surface area contributed by atoms with E-state index in [-0.39, 0.29) is 18.4 Å². The van der Waals surface area contributed by atoms with E-state index in [1.54, 1.807) is 6.07 Å². The molecule has 0 bridgehead atoms. The van der Waals surface area contributed by atoms with Gasteiger partial charge in [-0.3, -0.25) is 0 Å². The molecule has 1 aromatic carbocycles. The van der Waals surface area contributed by atoms with Crippen molar-refractivity contribution in [3.8, 4) is 5.75 Å². The number of alkyl halides is 3. The fourth-order valence-corrected chi connectivity index (χ4v) is 1.67. The summed E-state index contributed by atoms with van der Waals surface area (Å²) in [5.74, 6) is 0.673. The van der Waals surface area contributed by atoms with Gasteiger partial charge < -0.3 is 4.74 Å². The highest BCUT2D eigenvalue weighted by atomic mass is 19.4. The summed E-state index contributed by atoms with van der Waals surface area (Å²) in [4.78, 5) is 0. The quantitative estimate of drug-likeness (QED) is 0.713. The lowest BCUT2D eigenvalue weighted by molar-refractivity contribution is -0.136. The van der Waals surface area contributed by atoms with Crippen molar-refractivity contribution in [1.82, 2.24) is 0 Å². The maximum atomic E-state index is 12.0. The molecule has 0 aliphatic heterocycles. The van der Waals surface area contributed by atoms with Crippen LogP contribution in [-0.4, -0.2) is 12.8 Å². The van der Waals surface area contributed by atoms with Crippen LogP contribution in [0, 0.1) is 0 Å². The zero-order valence-electron chi connectivity index (χ0n) is 11.0. The van der Waals surface area contributed by atoms with Gasteiger partial charge in [0.05, 0.1) is 6.61 Å². The minimum atomic E-state index is -4.10. The monoisotopic (exact) mass is 260 g/mol. The largest absolute Gasteiger partial charge is 0.493 e. The van der Waals surface area contributed by atoms with Gasteiger partial charge >= 0.3 is 6.18 Å². The molecule has 0 saturated carbocycles. The molecule has 0 aliphatic carbocycles. The molecule has 1 aromatic rings. The second kappa shape index (κ2) is 5.63. The molecule has 0 fully saturated rings. The highest BCUT2D eigenvalue weighted by Gasteiger charge is 2.26. The smallest absolute Gasteiger partial charge is 0.389 e. The van der Waals surface area contributed by atoms with Crippen molar-refractivity contribution < 1.29 is 17.9 Å². The molecular weight excluding hydrogens is 241 g/mol. The zero-order valence-corrected chi connectivity index (χ0v) is 11.0. The van der Waals surface area contributed by atoms with E-state index >= 15 is 0 Å². The zero-order chi connectivity index (χ0) is 13.8. The van der Waals surface area contributed by atoms with Crippen molar-refractivity contribution in [1.29, 1.82) is 0 Å². The summed E-state index contributed by atoms with van der Waals surface area (Å²) in [6.07, 6.45) is -4.92. The van der Waals surface area contributed by atoms with E-state index in [2.05, 4.69) is 0 Å². The van der Waals surface area contributed by atoms with Gasteiger partial charge in [0.15, 0.2) is 0 Å². The van der Waals surface area contributed by atoms with Crippen LogP contribution in [0.4, 0.5) is 13.2 Å². The van der Waals surface area contributed by atoms with Gasteiger partial charge in [0.2, 0.25) is 0 Å². The standard InChI is InChI=1S/C14H19F3O/c1-13(2,3)11-7-4-5-8-12(11)18-10-6-9-14(15,16)17/h4-5,7-8H,6,9-10H2,1-3H3. The van der Waals surface area contributed by atoms with E-state index in [4.69, 9.17) is 4.74 Å².